The zero-order chi connectivity index (χ0) is 21.7. The van der Waals surface area contributed by atoms with Gasteiger partial charge >= 0.3 is 0 Å². The molecule has 156 valence electrons. The van der Waals surface area contributed by atoms with E-state index in [9.17, 15) is 4.79 Å². The second-order valence-electron chi connectivity index (χ2n) is 7.83. The number of fused-ring (bicyclic) bond motifs is 4. The second-order valence-corrected chi connectivity index (χ2v) is 8.24. The molecule has 8 heteroatoms. The molecule has 0 spiro atoms. The third kappa shape index (κ3) is 3.13. The highest BCUT2D eigenvalue weighted by Gasteiger charge is 2.21. The van der Waals surface area contributed by atoms with Gasteiger partial charge in [0.15, 0.2) is 11.3 Å². The highest BCUT2D eigenvalue weighted by Crippen LogP contribution is 2.32. The van der Waals surface area contributed by atoms with E-state index >= 15 is 0 Å². The summed E-state index contributed by atoms with van der Waals surface area (Å²) in [6, 6.07) is 13.0. The van der Waals surface area contributed by atoms with Gasteiger partial charge in [-0.25, -0.2) is 15.0 Å². The Hall–Kier alpha value is -3.45. The van der Waals surface area contributed by atoms with E-state index in [1.807, 2.05) is 34.9 Å². The standard InChI is InChI=1S/C23H20ClN5O2/c1-13(2)11-28-12-25-21-19(23(28)30)20-22(27-17-7-5-4-6-16(17)26-20)29(21)14-8-9-18(31-3)15(24)10-14/h4-10,12-13H,11H2,1-3H3. The van der Waals surface area contributed by atoms with Crippen molar-refractivity contribution >= 4 is 44.8 Å². The Morgan fingerprint density at radius 1 is 1.06 bits per heavy atom. The Balaban J connectivity index is 1.93. The van der Waals surface area contributed by atoms with Crippen molar-refractivity contribution in [1.29, 1.82) is 0 Å². The zero-order valence-corrected chi connectivity index (χ0v) is 18.1. The number of hydrogen-bond donors (Lipinski definition) is 0. The normalized spacial score (nSPS) is 11.8. The molecule has 0 aliphatic carbocycles. The van der Waals surface area contributed by atoms with Crippen LogP contribution in [0.25, 0.3) is 38.9 Å². The topological polar surface area (TPSA) is 74.8 Å². The molecule has 0 aliphatic rings. The van der Waals surface area contributed by atoms with E-state index in [1.54, 1.807) is 30.1 Å². The van der Waals surface area contributed by atoms with Gasteiger partial charge in [-0.2, -0.15) is 0 Å². The van der Waals surface area contributed by atoms with E-state index in [4.69, 9.17) is 26.3 Å². The van der Waals surface area contributed by atoms with Crippen LogP contribution in [-0.2, 0) is 6.54 Å². The Morgan fingerprint density at radius 2 is 1.81 bits per heavy atom. The Kier molecular flexibility index (Phi) is 4.63. The van der Waals surface area contributed by atoms with Crippen LogP contribution in [0.15, 0.2) is 53.6 Å². The van der Waals surface area contributed by atoms with Crippen molar-refractivity contribution < 1.29 is 4.74 Å². The molecule has 0 radical (unpaired) electrons. The van der Waals surface area contributed by atoms with Crippen LogP contribution in [0.2, 0.25) is 5.02 Å². The van der Waals surface area contributed by atoms with Crippen LogP contribution in [0.3, 0.4) is 0 Å². The first-order valence-electron chi connectivity index (χ1n) is 9.98. The van der Waals surface area contributed by atoms with Crippen molar-refractivity contribution in [2.75, 3.05) is 7.11 Å². The smallest absolute Gasteiger partial charge is 0.265 e. The van der Waals surface area contributed by atoms with Gasteiger partial charge in [-0.05, 0) is 36.2 Å². The lowest BCUT2D eigenvalue weighted by Gasteiger charge is -2.10. The van der Waals surface area contributed by atoms with Gasteiger partial charge in [0.2, 0.25) is 0 Å². The number of nitrogens with zero attached hydrogens (tertiary/aromatic N) is 5. The summed E-state index contributed by atoms with van der Waals surface area (Å²) in [7, 11) is 1.57. The Morgan fingerprint density at radius 3 is 2.48 bits per heavy atom. The fraction of sp³-hybridized carbons (Fsp3) is 0.217. The molecule has 3 aromatic heterocycles. The van der Waals surface area contributed by atoms with Gasteiger partial charge in [0, 0.05) is 6.54 Å². The van der Waals surface area contributed by atoms with Crippen molar-refractivity contribution in [3.05, 3.63) is 64.2 Å². The SMILES string of the molecule is COc1ccc(-n2c3nc4ccccc4nc3c3c(=O)n(CC(C)C)cnc32)cc1Cl. The van der Waals surface area contributed by atoms with Crippen molar-refractivity contribution in [1.82, 2.24) is 24.1 Å². The maximum Gasteiger partial charge on any atom is 0.265 e. The van der Waals surface area contributed by atoms with Crippen molar-refractivity contribution in [2.24, 2.45) is 5.92 Å². The number of methoxy groups -OCH3 is 1. The van der Waals surface area contributed by atoms with Gasteiger partial charge in [0.1, 0.15) is 16.7 Å². The minimum atomic E-state index is -0.133. The van der Waals surface area contributed by atoms with E-state index in [0.29, 0.717) is 45.4 Å². The lowest BCUT2D eigenvalue weighted by atomic mass is 10.2. The van der Waals surface area contributed by atoms with Gasteiger partial charge in [0.25, 0.3) is 5.56 Å². The van der Waals surface area contributed by atoms with Crippen LogP contribution in [0, 0.1) is 5.92 Å². The molecule has 0 saturated heterocycles. The van der Waals surface area contributed by atoms with Crippen LogP contribution < -0.4 is 10.3 Å². The number of hydrogen-bond acceptors (Lipinski definition) is 5. The number of rotatable bonds is 4. The highest BCUT2D eigenvalue weighted by atomic mass is 35.5. The summed E-state index contributed by atoms with van der Waals surface area (Å²) in [6.07, 6.45) is 1.59. The number of aromatic nitrogens is 5. The van der Waals surface area contributed by atoms with Gasteiger partial charge in [-0.3, -0.25) is 13.9 Å². The number of ether oxygens (including phenoxy) is 1. The predicted molar refractivity (Wildman–Crippen MR) is 122 cm³/mol. The van der Waals surface area contributed by atoms with E-state index in [0.717, 1.165) is 16.7 Å². The Bertz CT molecular complexity index is 1520. The summed E-state index contributed by atoms with van der Waals surface area (Å²) in [4.78, 5) is 27.7. The summed E-state index contributed by atoms with van der Waals surface area (Å²) in [5, 5.41) is 0.903. The minimum Gasteiger partial charge on any atom is -0.495 e. The maximum absolute atomic E-state index is 13.4. The molecule has 0 bridgehead atoms. The van der Waals surface area contributed by atoms with E-state index in [2.05, 4.69) is 18.8 Å². The second kappa shape index (κ2) is 7.35. The molecule has 31 heavy (non-hydrogen) atoms. The fourth-order valence-corrected chi connectivity index (χ4v) is 4.09. The summed E-state index contributed by atoms with van der Waals surface area (Å²) in [5.41, 5.74) is 3.63. The molecule has 0 amide bonds. The molecule has 0 unspecified atom stereocenters. The van der Waals surface area contributed by atoms with Crippen LogP contribution in [-0.4, -0.2) is 31.2 Å². The van der Waals surface area contributed by atoms with Gasteiger partial charge in [0.05, 0.1) is 35.2 Å². The van der Waals surface area contributed by atoms with Crippen molar-refractivity contribution in [3.63, 3.8) is 0 Å². The first-order chi connectivity index (χ1) is 15.0. The molecule has 7 nitrogen and oxygen atoms in total. The lowest BCUT2D eigenvalue weighted by molar-refractivity contribution is 0.415. The molecular formula is C23H20ClN5O2. The quantitative estimate of drug-likeness (QED) is 0.414. The zero-order valence-electron chi connectivity index (χ0n) is 17.3. The average Bonchev–Trinajstić information content (AvgIpc) is 3.07. The fourth-order valence-electron chi connectivity index (χ4n) is 3.83. The summed E-state index contributed by atoms with van der Waals surface area (Å²) >= 11 is 6.40. The molecule has 3 heterocycles. The monoisotopic (exact) mass is 433 g/mol. The molecule has 0 atom stereocenters. The predicted octanol–water partition coefficient (Wildman–Crippen LogP) is 4.60. The van der Waals surface area contributed by atoms with E-state index in [1.165, 1.54) is 0 Å². The third-order valence-electron chi connectivity index (χ3n) is 5.19. The summed E-state index contributed by atoms with van der Waals surface area (Å²) < 4.78 is 8.75. The minimum absolute atomic E-state index is 0.133. The summed E-state index contributed by atoms with van der Waals surface area (Å²) in [5.74, 6) is 0.868. The van der Waals surface area contributed by atoms with Gasteiger partial charge < -0.3 is 4.74 Å². The number of halogens is 1. The first kappa shape index (κ1) is 19.5. The number of para-hydroxylation sites is 2. The average molecular weight is 434 g/mol. The molecule has 0 saturated carbocycles. The van der Waals surface area contributed by atoms with Crippen LogP contribution in [0.4, 0.5) is 0 Å². The van der Waals surface area contributed by atoms with Crippen LogP contribution in [0.1, 0.15) is 13.8 Å². The van der Waals surface area contributed by atoms with E-state index in [-0.39, 0.29) is 5.56 Å². The molecule has 5 aromatic rings. The third-order valence-corrected chi connectivity index (χ3v) is 5.48. The molecule has 5 rings (SSSR count). The van der Waals surface area contributed by atoms with Gasteiger partial charge in [-0.15, -0.1) is 0 Å². The number of benzene rings is 2. The van der Waals surface area contributed by atoms with Crippen LogP contribution >= 0.6 is 11.6 Å². The highest BCUT2D eigenvalue weighted by molar-refractivity contribution is 6.32. The molecule has 0 aliphatic heterocycles. The van der Waals surface area contributed by atoms with E-state index < -0.39 is 0 Å². The first-order valence-corrected chi connectivity index (χ1v) is 10.4. The summed E-state index contributed by atoms with van der Waals surface area (Å²) in [6.45, 7) is 4.70. The molecule has 0 N–H and O–H groups in total. The lowest BCUT2D eigenvalue weighted by Crippen LogP contribution is -2.23. The van der Waals surface area contributed by atoms with Crippen molar-refractivity contribution in [3.8, 4) is 11.4 Å². The maximum atomic E-state index is 13.4. The van der Waals surface area contributed by atoms with Crippen LogP contribution in [0.5, 0.6) is 5.75 Å². The molecule has 0 fully saturated rings. The molecular weight excluding hydrogens is 414 g/mol. The van der Waals surface area contributed by atoms with Crippen molar-refractivity contribution in [2.45, 2.75) is 20.4 Å². The van der Waals surface area contributed by atoms with Gasteiger partial charge in [-0.1, -0.05) is 37.6 Å². The largest absolute Gasteiger partial charge is 0.495 e. The molecule has 2 aromatic carbocycles. The Labute approximate surface area is 182 Å².